The number of nitrogens with one attached hydrogen (secondary N) is 1. The zero-order valence-electron chi connectivity index (χ0n) is 10.6. The van der Waals surface area contributed by atoms with E-state index in [4.69, 9.17) is 11.6 Å². The second kappa shape index (κ2) is 5.43. The second-order valence-electron chi connectivity index (χ2n) is 4.53. The fourth-order valence-electron chi connectivity index (χ4n) is 2.23. The zero-order chi connectivity index (χ0) is 13.9. The number of carbonyl (C=O) groups is 1. The van der Waals surface area contributed by atoms with Crippen molar-refractivity contribution in [1.82, 2.24) is 10.4 Å². The Morgan fingerprint density at radius 1 is 1.35 bits per heavy atom. The monoisotopic (exact) mass is 285 g/mol. The van der Waals surface area contributed by atoms with Crippen LogP contribution in [0.5, 0.6) is 0 Å². The van der Waals surface area contributed by atoms with E-state index < -0.39 is 0 Å². The number of carbonyl (C=O) groups excluding carboxylic acids is 1. The van der Waals surface area contributed by atoms with E-state index in [0.29, 0.717) is 16.1 Å². The molecule has 20 heavy (non-hydrogen) atoms. The van der Waals surface area contributed by atoms with Gasteiger partial charge in [0.1, 0.15) is 0 Å². The van der Waals surface area contributed by atoms with Gasteiger partial charge in [-0.2, -0.15) is 5.10 Å². The van der Waals surface area contributed by atoms with E-state index in [2.05, 4.69) is 15.5 Å². The van der Waals surface area contributed by atoms with Gasteiger partial charge in [0.2, 0.25) is 0 Å². The largest absolute Gasteiger partial charge is 0.303 e. The Morgan fingerprint density at radius 2 is 2.25 bits per heavy atom. The molecule has 4 nitrogen and oxygen atoms in total. The SMILES string of the molecule is O=C(c1cccnc1)c1cc(Cl)ccc1C1CC=NN1. The lowest BCUT2D eigenvalue weighted by molar-refractivity contribution is 0.103. The van der Waals surface area contributed by atoms with Crippen LogP contribution in [0.4, 0.5) is 0 Å². The first-order valence-electron chi connectivity index (χ1n) is 6.27. The third kappa shape index (κ3) is 2.42. The lowest BCUT2D eigenvalue weighted by atomic mass is 9.94. The average molecular weight is 286 g/mol. The van der Waals surface area contributed by atoms with Gasteiger partial charge >= 0.3 is 0 Å². The van der Waals surface area contributed by atoms with Crippen molar-refractivity contribution >= 4 is 23.6 Å². The van der Waals surface area contributed by atoms with Crippen LogP contribution in [0.3, 0.4) is 0 Å². The Kier molecular flexibility index (Phi) is 3.48. The van der Waals surface area contributed by atoms with Crippen LogP contribution in [-0.4, -0.2) is 17.0 Å². The first kappa shape index (κ1) is 12.8. The summed E-state index contributed by atoms with van der Waals surface area (Å²) in [6.45, 7) is 0. The summed E-state index contributed by atoms with van der Waals surface area (Å²) in [5.41, 5.74) is 5.04. The maximum absolute atomic E-state index is 12.6. The molecule has 2 heterocycles. The van der Waals surface area contributed by atoms with Crippen LogP contribution in [0.1, 0.15) is 33.9 Å². The van der Waals surface area contributed by atoms with E-state index in [-0.39, 0.29) is 11.8 Å². The Balaban J connectivity index is 2.03. The topological polar surface area (TPSA) is 54.4 Å². The number of hydrogen-bond acceptors (Lipinski definition) is 4. The number of rotatable bonds is 3. The highest BCUT2D eigenvalue weighted by molar-refractivity contribution is 6.31. The Bertz CT molecular complexity index is 662. The zero-order valence-corrected chi connectivity index (χ0v) is 11.3. The summed E-state index contributed by atoms with van der Waals surface area (Å²) < 4.78 is 0. The molecule has 5 heteroatoms. The van der Waals surface area contributed by atoms with E-state index >= 15 is 0 Å². The fourth-order valence-corrected chi connectivity index (χ4v) is 2.40. The minimum atomic E-state index is -0.0794. The molecule has 2 aromatic rings. The molecule has 1 atom stereocenters. The van der Waals surface area contributed by atoms with Crippen molar-refractivity contribution < 1.29 is 4.79 Å². The molecule has 0 saturated heterocycles. The van der Waals surface area contributed by atoms with Crippen molar-refractivity contribution in [3.63, 3.8) is 0 Å². The van der Waals surface area contributed by atoms with Crippen molar-refractivity contribution in [2.45, 2.75) is 12.5 Å². The third-order valence-electron chi connectivity index (χ3n) is 3.22. The van der Waals surface area contributed by atoms with E-state index in [1.807, 2.05) is 6.07 Å². The molecule has 1 aliphatic heterocycles. The molecule has 0 spiro atoms. The van der Waals surface area contributed by atoms with Gasteiger partial charge in [-0.05, 0) is 29.8 Å². The number of nitrogens with zero attached hydrogens (tertiary/aromatic N) is 2. The van der Waals surface area contributed by atoms with E-state index in [1.165, 1.54) is 0 Å². The summed E-state index contributed by atoms with van der Waals surface area (Å²) in [5, 5.41) is 4.55. The van der Waals surface area contributed by atoms with E-state index in [9.17, 15) is 4.79 Å². The van der Waals surface area contributed by atoms with Crippen LogP contribution < -0.4 is 5.43 Å². The molecule has 0 fully saturated rings. The van der Waals surface area contributed by atoms with Crippen LogP contribution in [-0.2, 0) is 0 Å². The maximum Gasteiger partial charge on any atom is 0.194 e. The molecule has 1 aromatic heterocycles. The maximum atomic E-state index is 12.6. The summed E-state index contributed by atoms with van der Waals surface area (Å²) >= 11 is 6.04. The standard InChI is InChI=1S/C15H12ClN3O/c16-11-3-4-12(14-5-7-18-19-14)13(8-11)15(20)10-2-1-6-17-9-10/h1-4,6-9,14,19H,5H2. The molecular weight excluding hydrogens is 274 g/mol. The van der Waals surface area contributed by atoms with Crippen molar-refractivity contribution in [2.24, 2.45) is 5.10 Å². The highest BCUT2D eigenvalue weighted by Gasteiger charge is 2.21. The Hall–Kier alpha value is -2.20. The summed E-state index contributed by atoms with van der Waals surface area (Å²) in [5.74, 6) is -0.0794. The summed E-state index contributed by atoms with van der Waals surface area (Å²) in [6.07, 6.45) is 5.76. The number of aromatic nitrogens is 1. The highest BCUT2D eigenvalue weighted by atomic mass is 35.5. The molecule has 1 unspecified atom stereocenters. The smallest absolute Gasteiger partial charge is 0.194 e. The third-order valence-corrected chi connectivity index (χ3v) is 3.46. The van der Waals surface area contributed by atoms with Crippen molar-refractivity contribution in [3.8, 4) is 0 Å². The minimum Gasteiger partial charge on any atom is -0.303 e. The van der Waals surface area contributed by atoms with Crippen LogP contribution in [0.2, 0.25) is 5.02 Å². The second-order valence-corrected chi connectivity index (χ2v) is 4.97. The van der Waals surface area contributed by atoms with E-state index in [0.717, 1.165) is 12.0 Å². The van der Waals surface area contributed by atoms with Crippen LogP contribution in [0.25, 0.3) is 0 Å². The molecule has 100 valence electrons. The summed E-state index contributed by atoms with van der Waals surface area (Å²) in [6, 6.07) is 8.87. The molecule has 0 amide bonds. The molecule has 0 bridgehead atoms. The Labute approximate surface area is 121 Å². The number of hydrazone groups is 1. The van der Waals surface area contributed by atoms with Gasteiger partial charge in [0, 0.05) is 41.2 Å². The van der Waals surface area contributed by atoms with Gasteiger partial charge < -0.3 is 5.43 Å². The molecular formula is C15H12ClN3O. The summed E-state index contributed by atoms with van der Waals surface area (Å²) in [4.78, 5) is 16.6. The minimum absolute atomic E-state index is 0.0166. The van der Waals surface area contributed by atoms with Gasteiger partial charge in [-0.3, -0.25) is 9.78 Å². The lowest BCUT2D eigenvalue weighted by Crippen LogP contribution is -2.15. The molecule has 0 aliphatic carbocycles. The van der Waals surface area contributed by atoms with Gasteiger partial charge in [0.15, 0.2) is 5.78 Å². The first-order valence-corrected chi connectivity index (χ1v) is 6.65. The van der Waals surface area contributed by atoms with Gasteiger partial charge in [-0.15, -0.1) is 0 Å². The van der Waals surface area contributed by atoms with E-state index in [1.54, 1.807) is 42.9 Å². The molecule has 1 N–H and O–H groups in total. The lowest BCUT2D eigenvalue weighted by Gasteiger charge is -2.15. The van der Waals surface area contributed by atoms with Crippen molar-refractivity contribution in [1.29, 1.82) is 0 Å². The van der Waals surface area contributed by atoms with Crippen LogP contribution in [0, 0.1) is 0 Å². The highest BCUT2D eigenvalue weighted by Crippen LogP contribution is 2.27. The van der Waals surface area contributed by atoms with Crippen LogP contribution in [0.15, 0.2) is 47.8 Å². The first-order chi connectivity index (χ1) is 9.75. The average Bonchev–Trinajstić information content (AvgIpc) is 3.01. The molecule has 1 aromatic carbocycles. The van der Waals surface area contributed by atoms with Crippen LogP contribution >= 0.6 is 11.6 Å². The number of ketones is 1. The number of benzene rings is 1. The molecule has 0 radical (unpaired) electrons. The number of halogens is 1. The molecule has 1 aliphatic rings. The number of pyridine rings is 1. The summed E-state index contributed by atoms with van der Waals surface area (Å²) in [7, 11) is 0. The van der Waals surface area contributed by atoms with Gasteiger partial charge in [-0.25, -0.2) is 0 Å². The quantitative estimate of drug-likeness (QED) is 0.882. The number of hydrogen-bond donors (Lipinski definition) is 1. The van der Waals surface area contributed by atoms with Gasteiger partial charge in [0.25, 0.3) is 0 Å². The molecule has 3 rings (SSSR count). The van der Waals surface area contributed by atoms with Crippen molar-refractivity contribution in [2.75, 3.05) is 0 Å². The van der Waals surface area contributed by atoms with Gasteiger partial charge in [0.05, 0.1) is 6.04 Å². The fraction of sp³-hybridized carbons (Fsp3) is 0.133. The predicted octanol–water partition coefficient (Wildman–Crippen LogP) is 2.99. The molecule has 0 saturated carbocycles. The normalized spacial score (nSPS) is 16.9. The Morgan fingerprint density at radius 3 is 2.95 bits per heavy atom. The predicted molar refractivity (Wildman–Crippen MR) is 78.1 cm³/mol. The van der Waals surface area contributed by atoms with Crippen molar-refractivity contribution in [3.05, 3.63) is 64.4 Å². The van der Waals surface area contributed by atoms with Gasteiger partial charge in [-0.1, -0.05) is 17.7 Å².